The molecule has 0 aliphatic rings. The molecule has 0 radical (unpaired) electrons. The van der Waals surface area contributed by atoms with Gasteiger partial charge in [0.15, 0.2) is 0 Å². The van der Waals surface area contributed by atoms with E-state index in [4.69, 9.17) is 0 Å². The standard InChI is InChI=1S/C19H20N4O2/c1-3-13-9-11-14(12-10-13)17(24)21-22-19-20-16-8-6-5-7-15(16)18(25)23(19)4-2/h5-12H,3-4H2,1-2H3,(H,20,22)(H,21,24). The molecular weight excluding hydrogens is 316 g/mol. The molecule has 25 heavy (non-hydrogen) atoms. The molecule has 0 unspecified atom stereocenters. The van der Waals surface area contributed by atoms with E-state index in [1.54, 1.807) is 30.3 Å². The molecule has 3 rings (SSSR count). The van der Waals surface area contributed by atoms with Gasteiger partial charge in [0.2, 0.25) is 5.95 Å². The van der Waals surface area contributed by atoms with Crippen LogP contribution in [0.1, 0.15) is 29.8 Å². The van der Waals surface area contributed by atoms with Crippen LogP contribution in [0.25, 0.3) is 10.9 Å². The van der Waals surface area contributed by atoms with Crippen molar-refractivity contribution in [3.8, 4) is 0 Å². The van der Waals surface area contributed by atoms with Gasteiger partial charge in [0.1, 0.15) is 0 Å². The first-order valence-corrected chi connectivity index (χ1v) is 8.29. The van der Waals surface area contributed by atoms with E-state index in [1.165, 1.54) is 10.1 Å². The molecule has 0 spiro atoms. The molecule has 2 aromatic carbocycles. The molecule has 0 saturated heterocycles. The van der Waals surface area contributed by atoms with Crippen LogP contribution < -0.4 is 16.4 Å². The van der Waals surface area contributed by atoms with Gasteiger partial charge < -0.3 is 0 Å². The fourth-order valence-corrected chi connectivity index (χ4v) is 2.63. The van der Waals surface area contributed by atoms with Crippen LogP contribution in [0.3, 0.4) is 0 Å². The van der Waals surface area contributed by atoms with Gasteiger partial charge in [-0.1, -0.05) is 31.2 Å². The summed E-state index contributed by atoms with van der Waals surface area (Å²) in [6.07, 6.45) is 0.921. The molecule has 128 valence electrons. The van der Waals surface area contributed by atoms with Crippen molar-refractivity contribution >= 4 is 22.8 Å². The third-order valence-corrected chi connectivity index (χ3v) is 4.09. The maximum Gasteiger partial charge on any atom is 0.269 e. The van der Waals surface area contributed by atoms with Gasteiger partial charge in [-0.2, -0.15) is 0 Å². The van der Waals surface area contributed by atoms with Crippen molar-refractivity contribution in [1.29, 1.82) is 0 Å². The lowest BCUT2D eigenvalue weighted by atomic mass is 10.1. The van der Waals surface area contributed by atoms with Gasteiger partial charge in [0.25, 0.3) is 11.5 Å². The molecule has 6 nitrogen and oxygen atoms in total. The lowest BCUT2D eigenvalue weighted by molar-refractivity contribution is 0.0962. The lowest BCUT2D eigenvalue weighted by Gasteiger charge is -2.14. The summed E-state index contributed by atoms with van der Waals surface area (Å²) in [5.74, 6) is 0.0254. The Morgan fingerprint density at radius 1 is 1.08 bits per heavy atom. The second kappa shape index (κ2) is 7.17. The van der Waals surface area contributed by atoms with E-state index in [0.717, 1.165) is 6.42 Å². The van der Waals surface area contributed by atoms with Gasteiger partial charge in [-0.15, -0.1) is 0 Å². The van der Waals surface area contributed by atoms with Gasteiger partial charge in [0.05, 0.1) is 10.9 Å². The van der Waals surface area contributed by atoms with Crippen LogP contribution in [0.5, 0.6) is 0 Å². The molecule has 1 amide bonds. The average Bonchev–Trinajstić information content (AvgIpc) is 2.66. The fraction of sp³-hybridized carbons (Fsp3) is 0.211. The molecule has 2 N–H and O–H groups in total. The van der Waals surface area contributed by atoms with Gasteiger partial charge in [-0.3, -0.25) is 25.0 Å². The molecule has 1 aromatic heterocycles. The minimum Gasteiger partial charge on any atom is -0.277 e. The third-order valence-electron chi connectivity index (χ3n) is 4.09. The monoisotopic (exact) mass is 336 g/mol. The number of aromatic nitrogens is 2. The van der Waals surface area contributed by atoms with Gasteiger partial charge in [0, 0.05) is 12.1 Å². The van der Waals surface area contributed by atoms with Crippen LogP contribution in [-0.4, -0.2) is 15.5 Å². The highest BCUT2D eigenvalue weighted by Crippen LogP contribution is 2.11. The number of fused-ring (bicyclic) bond motifs is 1. The Morgan fingerprint density at radius 3 is 2.48 bits per heavy atom. The average molecular weight is 336 g/mol. The maximum absolute atomic E-state index is 12.5. The smallest absolute Gasteiger partial charge is 0.269 e. The molecule has 3 aromatic rings. The van der Waals surface area contributed by atoms with Crippen molar-refractivity contribution in [2.24, 2.45) is 0 Å². The summed E-state index contributed by atoms with van der Waals surface area (Å²) >= 11 is 0. The summed E-state index contributed by atoms with van der Waals surface area (Å²) in [5, 5.41) is 0.552. The number of carbonyl (C=O) groups excluding carboxylic acids is 1. The van der Waals surface area contributed by atoms with Crippen molar-refractivity contribution in [3.63, 3.8) is 0 Å². The largest absolute Gasteiger partial charge is 0.277 e. The van der Waals surface area contributed by atoms with Gasteiger partial charge in [-0.05, 0) is 43.2 Å². The molecule has 0 bridgehead atoms. The lowest BCUT2D eigenvalue weighted by Crippen LogP contribution is -2.34. The highest BCUT2D eigenvalue weighted by molar-refractivity contribution is 5.94. The number of nitrogens with zero attached hydrogens (tertiary/aromatic N) is 2. The minimum atomic E-state index is -0.285. The third kappa shape index (κ3) is 3.38. The number of para-hydroxylation sites is 1. The molecule has 6 heteroatoms. The first-order chi connectivity index (χ1) is 12.1. The van der Waals surface area contributed by atoms with E-state index >= 15 is 0 Å². The van der Waals surface area contributed by atoms with Crippen molar-refractivity contribution in [3.05, 3.63) is 70.0 Å². The number of carbonyl (C=O) groups is 1. The maximum atomic E-state index is 12.5. The molecule has 1 heterocycles. The van der Waals surface area contributed by atoms with E-state index in [-0.39, 0.29) is 11.5 Å². The van der Waals surface area contributed by atoms with E-state index in [2.05, 4.69) is 22.8 Å². The number of hydrogen-bond acceptors (Lipinski definition) is 4. The second-order valence-electron chi connectivity index (χ2n) is 5.63. The van der Waals surface area contributed by atoms with Crippen LogP contribution in [0.4, 0.5) is 5.95 Å². The molecular formula is C19H20N4O2. The summed E-state index contributed by atoms with van der Waals surface area (Å²) in [5.41, 5.74) is 7.53. The van der Waals surface area contributed by atoms with E-state index in [1.807, 2.05) is 25.1 Å². The summed E-state index contributed by atoms with van der Waals surface area (Å²) < 4.78 is 1.49. The number of hydrogen-bond donors (Lipinski definition) is 2. The second-order valence-corrected chi connectivity index (χ2v) is 5.63. The van der Waals surface area contributed by atoms with E-state index < -0.39 is 0 Å². The predicted molar refractivity (Wildman–Crippen MR) is 98.6 cm³/mol. The zero-order valence-corrected chi connectivity index (χ0v) is 14.2. The summed E-state index contributed by atoms with van der Waals surface area (Å²) in [6.45, 7) is 4.36. The molecule has 0 aliphatic carbocycles. The van der Waals surface area contributed by atoms with E-state index in [9.17, 15) is 9.59 Å². The quantitative estimate of drug-likeness (QED) is 0.703. The van der Waals surface area contributed by atoms with Crippen molar-refractivity contribution in [1.82, 2.24) is 15.0 Å². The Bertz CT molecular complexity index is 961. The Hall–Kier alpha value is -3.15. The molecule has 0 saturated carbocycles. The van der Waals surface area contributed by atoms with Crippen LogP contribution >= 0.6 is 0 Å². The van der Waals surface area contributed by atoms with Crippen molar-refractivity contribution < 1.29 is 4.79 Å². The first-order valence-electron chi connectivity index (χ1n) is 8.29. The SMILES string of the molecule is CCc1ccc(C(=O)NNc2nc3ccccc3c(=O)n2CC)cc1. The van der Waals surface area contributed by atoms with Crippen molar-refractivity contribution in [2.75, 3.05) is 5.43 Å². The molecule has 0 aliphatic heterocycles. The summed E-state index contributed by atoms with van der Waals surface area (Å²) in [6, 6.07) is 14.5. The predicted octanol–water partition coefficient (Wildman–Crippen LogP) is 2.74. The van der Waals surface area contributed by atoms with Crippen LogP contribution in [0, 0.1) is 0 Å². The van der Waals surface area contributed by atoms with E-state index in [0.29, 0.717) is 29.0 Å². The first kappa shape index (κ1) is 16.7. The molecule has 0 atom stereocenters. The summed E-state index contributed by atoms with van der Waals surface area (Å²) in [4.78, 5) is 29.2. The van der Waals surface area contributed by atoms with Crippen LogP contribution in [-0.2, 0) is 13.0 Å². The van der Waals surface area contributed by atoms with Crippen molar-refractivity contribution in [2.45, 2.75) is 26.8 Å². The van der Waals surface area contributed by atoms with Gasteiger partial charge in [-0.25, -0.2) is 4.98 Å². The number of aryl methyl sites for hydroxylation is 1. The topological polar surface area (TPSA) is 76.0 Å². The number of rotatable bonds is 5. The Balaban J connectivity index is 1.84. The number of benzene rings is 2. The zero-order valence-electron chi connectivity index (χ0n) is 14.2. The van der Waals surface area contributed by atoms with Crippen LogP contribution in [0.15, 0.2) is 53.3 Å². The summed E-state index contributed by atoms with van der Waals surface area (Å²) in [7, 11) is 0. The van der Waals surface area contributed by atoms with Crippen LogP contribution in [0.2, 0.25) is 0 Å². The Labute approximate surface area is 145 Å². The van der Waals surface area contributed by atoms with Gasteiger partial charge >= 0.3 is 0 Å². The number of hydrazine groups is 1. The number of nitrogens with one attached hydrogen (secondary N) is 2. The Morgan fingerprint density at radius 2 is 1.80 bits per heavy atom. The Kier molecular flexibility index (Phi) is 4.79. The number of amides is 1. The molecule has 0 fully saturated rings. The minimum absolute atomic E-state index is 0.142. The normalized spacial score (nSPS) is 10.6. The fourth-order valence-electron chi connectivity index (χ4n) is 2.63. The number of anilines is 1. The highest BCUT2D eigenvalue weighted by Gasteiger charge is 2.11. The highest BCUT2D eigenvalue weighted by atomic mass is 16.2. The zero-order chi connectivity index (χ0) is 17.8.